The van der Waals surface area contributed by atoms with Crippen LogP contribution in [0.15, 0.2) is 35.1 Å². The average molecular weight is 396 g/mol. The third kappa shape index (κ3) is 3.91. The molecular formula is C20H24N6O3. The van der Waals surface area contributed by atoms with Gasteiger partial charge in [0.1, 0.15) is 6.04 Å². The SMILES string of the molecule is COCCc1noc(C2CCCCN2C(=O)c2cnn(-c3ccccn3)c2C)n1. The Kier molecular flexibility index (Phi) is 5.66. The van der Waals surface area contributed by atoms with E-state index in [-0.39, 0.29) is 11.9 Å². The topological polar surface area (TPSA) is 99.2 Å². The van der Waals surface area contributed by atoms with Crippen molar-refractivity contribution in [2.45, 2.75) is 38.6 Å². The maximum Gasteiger partial charge on any atom is 0.258 e. The largest absolute Gasteiger partial charge is 0.384 e. The Hall–Kier alpha value is -3.07. The molecule has 0 N–H and O–H groups in total. The standard InChI is InChI=1S/C20H24N6O3/c1-14-15(13-22-26(14)18-8-3-5-10-21-18)20(27)25-11-6-4-7-16(25)19-23-17(24-29-19)9-12-28-2/h3,5,8,10,13,16H,4,6-7,9,11-12H2,1-2H3. The molecule has 9 heteroatoms. The first-order chi connectivity index (χ1) is 14.2. The number of rotatable bonds is 6. The van der Waals surface area contributed by atoms with Crippen molar-refractivity contribution in [3.05, 3.63) is 53.6 Å². The Morgan fingerprint density at radius 1 is 1.34 bits per heavy atom. The van der Waals surface area contributed by atoms with Gasteiger partial charge in [-0.1, -0.05) is 11.2 Å². The normalized spacial score (nSPS) is 16.9. The summed E-state index contributed by atoms with van der Waals surface area (Å²) in [6.45, 7) is 3.05. The van der Waals surface area contributed by atoms with Gasteiger partial charge in [-0.05, 0) is 38.3 Å². The molecule has 1 unspecified atom stereocenters. The number of methoxy groups -OCH3 is 1. The molecule has 1 fully saturated rings. The van der Waals surface area contributed by atoms with Gasteiger partial charge in [-0.3, -0.25) is 4.79 Å². The van der Waals surface area contributed by atoms with Crippen molar-refractivity contribution in [3.63, 3.8) is 0 Å². The zero-order valence-electron chi connectivity index (χ0n) is 16.6. The number of hydrogen-bond donors (Lipinski definition) is 0. The predicted octanol–water partition coefficient (Wildman–Crippen LogP) is 2.52. The highest BCUT2D eigenvalue weighted by molar-refractivity contribution is 5.95. The lowest BCUT2D eigenvalue weighted by Crippen LogP contribution is -2.38. The average Bonchev–Trinajstić information content (AvgIpc) is 3.39. The molecule has 1 aliphatic rings. The molecule has 1 aliphatic heterocycles. The van der Waals surface area contributed by atoms with Crippen molar-refractivity contribution in [1.29, 1.82) is 0 Å². The molecule has 4 heterocycles. The molecule has 9 nitrogen and oxygen atoms in total. The maximum atomic E-state index is 13.4. The van der Waals surface area contributed by atoms with Crippen LogP contribution in [-0.4, -0.2) is 56.0 Å². The smallest absolute Gasteiger partial charge is 0.258 e. The molecule has 0 aromatic carbocycles. The number of carbonyl (C=O) groups excluding carboxylic acids is 1. The highest BCUT2D eigenvalue weighted by Gasteiger charge is 2.34. The minimum absolute atomic E-state index is 0.0778. The molecule has 0 radical (unpaired) electrons. The van der Waals surface area contributed by atoms with E-state index < -0.39 is 0 Å². The Bertz CT molecular complexity index is 968. The second-order valence-electron chi connectivity index (χ2n) is 7.05. The number of carbonyl (C=O) groups is 1. The van der Waals surface area contributed by atoms with E-state index in [1.54, 1.807) is 24.2 Å². The van der Waals surface area contributed by atoms with Crippen LogP contribution in [0.4, 0.5) is 0 Å². The fraction of sp³-hybridized carbons (Fsp3) is 0.450. The first kappa shape index (κ1) is 19.3. The number of ether oxygens (including phenoxy) is 1. The van der Waals surface area contributed by atoms with E-state index in [1.807, 2.05) is 30.0 Å². The monoisotopic (exact) mass is 396 g/mol. The van der Waals surface area contributed by atoms with Crippen LogP contribution in [0.2, 0.25) is 0 Å². The van der Waals surface area contributed by atoms with Crippen LogP contribution in [0, 0.1) is 6.92 Å². The summed E-state index contributed by atoms with van der Waals surface area (Å²) in [6, 6.07) is 5.37. The molecule has 0 spiro atoms. The number of piperidine rings is 1. The fourth-order valence-corrected chi connectivity index (χ4v) is 3.61. The molecule has 3 aromatic heterocycles. The van der Waals surface area contributed by atoms with Gasteiger partial charge >= 0.3 is 0 Å². The van der Waals surface area contributed by atoms with Gasteiger partial charge in [-0.15, -0.1) is 0 Å². The van der Waals surface area contributed by atoms with E-state index in [1.165, 1.54) is 0 Å². The summed E-state index contributed by atoms with van der Waals surface area (Å²) in [6.07, 6.45) is 6.64. The molecule has 4 rings (SSSR count). The van der Waals surface area contributed by atoms with Crippen molar-refractivity contribution in [2.24, 2.45) is 0 Å². The van der Waals surface area contributed by atoms with Crippen molar-refractivity contribution < 1.29 is 14.1 Å². The third-order valence-corrected chi connectivity index (χ3v) is 5.17. The van der Waals surface area contributed by atoms with Gasteiger partial charge in [-0.2, -0.15) is 10.1 Å². The lowest BCUT2D eigenvalue weighted by Gasteiger charge is -2.33. The Morgan fingerprint density at radius 2 is 2.24 bits per heavy atom. The minimum atomic E-state index is -0.224. The number of hydrogen-bond acceptors (Lipinski definition) is 7. The molecule has 1 saturated heterocycles. The van der Waals surface area contributed by atoms with Gasteiger partial charge in [0.2, 0.25) is 5.89 Å². The van der Waals surface area contributed by atoms with E-state index in [0.29, 0.717) is 42.7 Å². The van der Waals surface area contributed by atoms with Gasteiger partial charge in [0.25, 0.3) is 5.91 Å². The van der Waals surface area contributed by atoms with Gasteiger partial charge in [0, 0.05) is 26.3 Å². The van der Waals surface area contributed by atoms with Crippen molar-refractivity contribution in [3.8, 4) is 5.82 Å². The lowest BCUT2D eigenvalue weighted by atomic mass is 10.0. The number of aromatic nitrogens is 5. The van der Waals surface area contributed by atoms with Crippen LogP contribution < -0.4 is 0 Å². The lowest BCUT2D eigenvalue weighted by molar-refractivity contribution is 0.0560. The zero-order valence-corrected chi connectivity index (χ0v) is 16.6. The van der Waals surface area contributed by atoms with Crippen LogP contribution >= 0.6 is 0 Å². The summed E-state index contributed by atoms with van der Waals surface area (Å²) in [7, 11) is 1.63. The molecule has 3 aromatic rings. The van der Waals surface area contributed by atoms with Gasteiger partial charge in [0.05, 0.1) is 24.1 Å². The number of likely N-dealkylation sites (tertiary alicyclic amines) is 1. The summed E-state index contributed by atoms with van der Waals surface area (Å²) in [5.41, 5.74) is 1.31. The molecule has 1 amide bonds. The summed E-state index contributed by atoms with van der Waals surface area (Å²) in [5.74, 6) is 1.68. The number of amides is 1. The minimum Gasteiger partial charge on any atom is -0.384 e. The van der Waals surface area contributed by atoms with Crippen molar-refractivity contribution in [2.75, 3.05) is 20.3 Å². The molecule has 0 saturated carbocycles. The fourth-order valence-electron chi connectivity index (χ4n) is 3.61. The van der Waals surface area contributed by atoms with E-state index in [2.05, 4.69) is 20.2 Å². The van der Waals surface area contributed by atoms with Crippen molar-refractivity contribution in [1.82, 2.24) is 29.8 Å². The summed E-state index contributed by atoms with van der Waals surface area (Å²) < 4.78 is 12.2. The van der Waals surface area contributed by atoms with Gasteiger partial charge in [-0.25, -0.2) is 9.67 Å². The molecule has 152 valence electrons. The highest BCUT2D eigenvalue weighted by atomic mass is 16.5. The van der Waals surface area contributed by atoms with Gasteiger partial charge < -0.3 is 14.2 Å². The van der Waals surface area contributed by atoms with E-state index in [9.17, 15) is 4.79 Å². The molecule has 29 heavy (non-hydrogen) atoms. The second-order valence-corrected chi connectivity index (χ2v) is 7.05. The van der Waals surface area contributed by atoms with Crippen LogP contribution in [0.5, 0.6) is 0 Å². The van der Waals surface area contributed by atoms with E-state index in [0.717, 1.165) is 25.0 Å². The quantitative estimate of drug-likeness (QED) is 0.631. The van der Waals surface area contributed by atoms with Crippen LogP contribution in [0.1, 0.15) is 53.1 Å². The predicted molar refractivity (Wildman–Crippen MR) is 104 cm³/mol. The van der Waals surface area contributed by atoms with Crippen LogP contribution in [-0.2, 0) is 11.2 Å². The Morgan fingerprint density at radius 3 is 3.03 bits per heavy atom. The first-order valence-electron chi connectivity index (χ1n) is 9.77. The van der Waals surface area contributed by atoms with Crippen LogP contribution in [0.3, 0.4) is 0 Å². The second kappa shape index (κ2) is 8.52. The van der Waals surface area contributed by atoms with E-state index in [4.69, 9.17) is 9.26 Å². The molecule has 0 bridgehead atoms. The molecule has 0 aliphatic carbocycles. The molecule has 1 atom stereocenters. The van der Waals surface area contributed by atoms with Crippen LogP contribution in [0.25, 0.3) is 5.82 Å². The number of pyridine rings is 1. The zero-order chi connectivity index (χ0) is 20.2. The number of nitrogens with zero attached hydrogens (tertiary/aromatic N) is 6. The first-order valence-corrected chi connectivity index (χ1v) is 9.77. The Balaban J connectivity index is 1.58. The van der Waals surface area contributed by atoms with Gasteiger partial charge in [0.15, 0.2) is 11.6 Å². The van der Waals surface area contributed by atoms with E-state index >= 15 is 0 Å². The van der Waals surface area contributed by atoms with Crippen molar-refractivity contribution >= 4 is 5.91 Å². The maximum absolute atomic E-state index is 13.4. The molecular weight excluding hydrogens is 372 g/mol. The summed E-state index contributed by atoms with van der Waals surface area (Å²) in [4.78, 5) is 24.0. The summed E-state index contributed by atoms with van der Waals surface area (Å²) >= 11 is 0. The summed E-state index contributed by atoms with van der Waals surface area (Å²) in [5, 5.41) is 8.41. The third-order valence-electron chi connectivity index (χ3n) is 5.17. The highest BCUT2D eigenvalue weighted by Crippen LogP contribution is 2.32. The Labute approximate surface area is 168 Å².